The molecule has 2 aliphatic heterocycles. The Bertz CT molecular complexity index is 837. The summed E-state index contributed by atoms with van der Waals surface area (Å²) in [4.78, 5) is 2.72. The summed E-state index contributed by atoms with van der Waals surface area (Å²) < 4.78 is 33.7. The van der Waals surface area contributed by atoms with Crippen LogP contribution in [-0.2, 0) is 14.8 Å². The van der Waals surface area contributed by atoms with Crippen LogP contribution in [0.4, 0.5) is 0 Å². The molecule has 0 saturated carbocycles. The molecular weight excluding hydrogens is 324 g/mol. The molecule has 2 saturated heterocycles. The van der Waals surface area contributed by atoms with Crippen LogP contribution in [0.25, 0.3) is 10.8 Å². The lowest BCUT2D eigenvalue weighted by Crippen LogP contribution is -2.50. The lowest BCUT2D eigenvalue weighted by molar-refractivity contribution is -0.0449. The maximum Gasteiger partial charge on any atom is 0.240 e. The van der Waals surface area contributed by atoms with Crippen LogP contribution in [0.2, 0.25) is 0 Å². The third-order valence-corrected chi connectivity index (χ3v) is 6.42. The minimum atomic E-state index is -3.52. The monoisotopic (exact) mass is 346 g/mol. The maximum absolute atomic E-state index is 12.6. The third-order valence-electron chi connectivity index (χ3n) is 4.99. The summed E-state index contributed by atoms with van der Waals surface area (Å²) >= 11 is 0. The summed E-state index contributed by atoms with van der Waals surface area (Å²) in [7, 11) is -3.52. The second kappa shape index (κ2) is 6.44. The molecule has 0 amide bonds. The van der Waals surface area contributed by atoms with E-state index in [1.807, 2.05) is 30.3 Å². The zero-order valence-corrected chi connectivity index (χ0v) is 14.3. The van der Waals surface area contributed by atoms with Gasteiger partial charge in [0.05, 0.1) is 17.6 Å². The van der Waals surface area contributed by atoms with Crippen molar-refractivity contribution in [2.75, 3.05) is 26.2 Å². The zero-order chi connectivity index (χ0) is 16.6. The van der Waals surface area contributed by atoms with Gasteiger partial charge >= 0.3 is 0 Å². The summed E-state index contributed by atoms with van der Waals surface area (Å²) in [5, 5.41) is 1.96. The Balaban J connectivity index is 1.44. The molecule has 2 heterocycles. The smallest absolute Gasteiger partial charge is 0.240 e. The highest BCUT2D eigenvalue weighted by Crippen LogP contribution is 2.23. The average Bonchev–Trinajstić information content (AvgIpc) is 3.07. The first kappa shape index (κ1) is 16.0. The van der Waals surface area contributed by atoms with Crippen molar-refractivity contribution in [3.05, 3.63) is 42.5 Å². The van der Waals surface area contributed by atoms with E-state index in [1.54, 1.807) is 12.1 Å². The Kier molecular flexibility index (Phi) is 4.30. The number of nitrogens with zero attached hydrogens (tertiary/aromatic N) is 1. The molecule has 0 bridgehead atoms. The van der Waals surface area contributed by atoms with Gasteiger partial charge in [-0.2, -0.15) is 0 Å². The van der Waals surface area contributed by atoms with Gasteiger partial charge in [0.1, 0.15) is 0 Å². The molecule has 1 N–H and O–H groups in total. The Hall–Kier alpha value is -1.47. The first-order valence-corrected chi connectivity index (χ1v) is 9.94. The van der Waals surface area contributed by atoms with E-state index in [1.165, 1.54) is 12.8 Å². The molecule has 24 heavy (non-hydrogen) atoms. The second-order valence-corrected chi connectivity index (χ2v) is 8.37. The first-order valence-electron chi connectivity index (χ1n) is 8.46. The van der Waals surface area contributed by atoms with Crippen molar-refractivity contribution in [2.24, 2.45) is 0 Å². The highest BCUT2D eigenvalue weighted by atomic mass is 32.2. The Morgan fingerprint density at radius 1 is 1.17 bits per heavy atom. The zero-order valence-electron chi connectivity index (χ0n) is 13.5. The molecule has 4 rings (SSSR count). The van der Waals surface area contributed by atoms with E-state index in [0.717, 1.165) is 23.9 Å². The molecule has 2 unspecified atom stereocenters. The fourth-order valence-electron chi connectivity index (χ4n) is 3.63. The van der Waals surface area contributed by atoms with Gasteiger partial charge in [-0.1, -0.05) is 30.3 Å². The molecule has 0 aliphatic carbocycles. The molecule has 128 valence electrons. The average molecular weight is 346 g/mol. The van der Waals surface area contributed by atoms with E-state index in [9.17, 15) is 8.42 Å². The molecule has 6 heteroatoms. The third kappa shape index (κ3) is 3.19. The lowest BCUT2D eigenvalue weighted by Gasteiger charge is -2.35. The van der Waals surface area contributed by atoms with Gasteiger partial charge < -0.3 is 4.74 Å². The Morgan fingerprint density at radius 2 is 2.00 bits per heavy atom. The SMILES string of the molecule is O=S(=O)(NCC1CN2CCCC2CO1)c1ccc2ccccc2c1. The molecule has 2 atom stereocenters. The minimum Gasteiger partial charge on any atom is -0.374 e. The van der Waals surface area contributed by atoms with E-state index in [0.29, 0.717) is 24.1 Å². The number of hydrogen-bond donors (Lipinski definition) is 1. The Morgan fingerprint density at radius 3 is 2.88 bits per heavy atom. The van der Waals surface area contributed by atoms with Gasteiger partial charge in [0.2, 0.25) is 10.0 Å². The first-order chi connectivity index (χ1) is 11.6. The van der Waals surface area contributed by atoms with Crippen LogP contribution >= 0.6 is 0 Å². The number of sulfonamides is 1. The number of benzene rings is 2. The second-order valence-electron chi connectivity index (χ2n) is 6.61. The van der Waals surface area contributed by atoms with Crippen molar-refractivity contribution in [1.82, 2.24) is 9.62 Å². The predicted octanol–water partition coefficient (Wildman–Crippen LogP) is 1.98. The standard InChI is InChI=1S/C18H22N2O3S/c21-24(22,18-8-7-14-4-1-2-5-15(14)10-18)19-11-17-12-20-9-3-6-16(20)13-23-17/h1-2,4-5,7-8,10,16-17,19H,3,6,9,11-13H2. The summed E-state index contributed by atoms with van der Waals surface area (Å²) in [5.41, 5.74) is 0. The fraction of sp³-hybridized carbons (Fsp3) is 0.444. The molecule has 2 aliphatic rings. The number of fused-ring (bicyclic) bond motifs is 2. The van der Waals surface area contributed by atoms with E-state index < -0.39 is 10.0 Å². The van der Waals surface area contributed by atoms with Crippen LogP contribution in [0.1, 0.15) is 12.8 Å². The summed E-state index contributed by atoms with van der Waals surface area (Å²) in [5.74, 6) is 0. The number of nitrogens with one attached hydrogen (secondary N) is 1. The molecular formula is C18H22N2O3S. The Labute approximate surface area is 142 Å². The molecule has 0 spiro atoms. The number of ether oxygens (including phenoxy) is 1. The minimum absolute atomic E-state index is 0.0745. The van der Waals surface area contributed by atoms with Gasteiger partial charge in [0, 0.05) is 19.1 Å². The van der Waals surface area contributed by atoms with Crippen molar-refractivity contribution >= 4 is 20.8 Å². The van der Waals surface area contributed by atoms with Crippen LogP contribution in [-0.4, -0.2) is 51.7 Å². The molecule has 0 aromatic heterocycles. The quantitative estimate of drug-likeness (QED) is 0.920. The summed E-state index contributed by atoms with van der Waals surface area (Å²) in [6.07, 6.45) is 2.33. The molecule has 2 fully saturated rings. The lowest BCUT2D eigenvalue weighted by atomic mass is 10.1. The topological polar surface area (TPSA) is 58.6 Å². The molecule has 0 radical (unpaired) electrons. The molecule has 2 aromatic carbocycles. The van der Waals surface area contributed by atoms with E-state index in [2.05, 4.69) is 9.62 Å². The van der Waals surface area contributed by atoms with Crippen molar-refractivity contribution in [2.45, 2.75) is 29.9 Å². The van der Waals surface area contributed by atoms with Crippen LogP contribution in [0.5, 0.6) is 0 Å². The van der Waals surface area contributed by atoms with Gasteiger partial charge in [-0.05, 0) is 42.3 Å². The van der Waals surface area contributed by atoms with Gasteiger partial charge in [-0.25, -0.2) is 13.1 Å². The highest BCUT2D eigenvalue weighted by molar-refractivity contribution is 7.89. The summed E-state index contributed by atoms with van der Waals surface area (Å²) in [6, 6.07) is 13.5. The van der Waals surface area contributed by atoms with Crippen molar-refractivity contribution < 1.29 is 13.2 Å². The fourth-order valence-corrected chi connectivity index (χ4v) is 4.73. The van der Waals surface area contributed by atoms with Gasteiger partial charge in [0.15, 0.2) is 0 Å². The normalized spacial score (nSPS) is 25.0. The van der Waals surface area contributed by atoms with Crippen molar-refractivity contribution in [3.8, 4) is 0 Å². The number of rotatable bonds is 4. The van der Waals surface area contributed by atoms with Crippen LogP contribution in [0.15, 0.2) is 47.4 Å². The van der Waals surface area contributed by atoms with Gasteiger partial charge in [-0.3, -0.25) is 4.90 Å². The largest absolute Gasteiger partial charge is 0.374 e. The van der Waals surface area contributed by atoms with Gasteiger partial charge in [-0.15, -0.1) is 0 Å². The molecule has 2 aromatic rings. The van der Waals surface area contributed by atoms with E-state index >= 15 is 0 Å². The van der Waals surface area contributed by atoms with Crippen molar-refractivity contribution in [1.29, 1.82) is 0 Å². The number of morpholine rings is 1. The van der Waals surface area contributed by atoms with Crippen LogP contribution in [0.3, 0.4) is 0 Å². The van der Waals surface area contributed by atoms with Crippen LogP contribution < -0.4 is 4.72 Å². The van der Waals surface area contributed by atoms with Crippen molar-refractivity contribution in [3.63, 3.8) is 0 Å². The van der Waals surface area contributed by atoms with E-state index in [-0.39, 0.29) is 6.10 Å². The molecule has 5 nitrogen and oxygen atoms in total. The number of hydrogen-bond acceptors (Lipinski definition) is 4. The predicted molar refractivity (Wildman–Crippen MR) is 93.5 cm³/mol. The van der Waals surface area contributed by atoms with E-state index in [4.69, 9.17) is 4.74 Å². The van der Waals surface area contributed by atoms with Gasteiger partial charge in [0.25, 0.3) is 0 Å². The summed E-state index contributed by atoms with van der Waals surface area (Å²) in [6.45, 7) is 2.94. The highest BCUT2D eigenvalue weighted by Gasteiger charge is 2.32. The maximum atomic E-state index is 12.6. The van der Waals surface area contributed by atoms with Crippen LogP contribution in [0, 0.1) is 0 Å².